The van der Waals surface area contributed by atoms with Crippen LogP contribution < -0.4 is 5.32 Å². The summed E-state index contributed by atoms with van der Waals surface area (Å²) < 4.78 is 4.99. The lowest BCUT2D eigenvalue weighted by molar-refractivity contribution is -0.148. The second kappa shape index (κ2) is 5.96. The molecule has 1 aromatic rings. The minimum absolute atomic E-state index is 0.149. The Labute approximate surface area is 117 Å². The Morgan fingerprint density at radius 3 is 3.05 bits per heavy atom. The van der Waals surface area contributed by atoms with Crippen molar-refractivity contribution in [2.75, 3.05) is 7.11 Å². The number of nitrogens with zero attached hydrogens (tertiary/aromatic N) is 1. The molecule has 5 nitrogen and oxygen atoms in total. The zero-order valence-corrected chi connectivity index (χ0v) is 12.4. The van der Waals surface area contributed by atoms with Crippen LogP contribution in [0.3, 0.4) is 0 Å². The fourth-order valence-electron chi connectivity index (χ4n) is 2.70. The van der Waals surface area contributed by atoms with Crippen molar-refractivity contribution in [3.8, 4) is 0 Å². The van der Waals surface area contributed by atoms with Gasteiger partial charge in [0, 0.05) is 23.7 Å². The topological polar surface area (TPSA) is 67.0 Å². The lowest BCUT2D eigenvalue weighted by Gasteiger charge is -2.30. The van der Waals surface area contributed by atoms with E-state index in [2.05, 4.69) is 29.1 Å². The molecule has 1 saturated carbocycles. The van der Waals surface area contributed by atoms with Crippen molar-refractivity contribution in [3.05, 3.63) is 12.4 Å². The van der Waals surface area contributed by atoms with Crippen molar-refractivity contribution < 1.29 is 9.53 Å². The largest absolute Gasteiger partial charge is 0.468 e. The van der Waals surface area contributed by atoms with E-state index in [0.717, 1.165) is 24.4 Å². The van der Waals surface area contributed by atoms with Crippen LogP contribution in [0.15, 0.2) is 17.6 Å². The van der Waals surface area contributed by atoms with Gasteiger partial charge < -0.3 is 9.72 Å². The molecule has 1 fully saturated rings. The average Bonchev–Trinajstić information content (AvgIpc) is 2.99. The Morgan fingerprint density at radius 2 is 2.47 bits per heavy atom. The normalized spacial score (nSPS) is 26.8. The number of thioether (sulfide) groups is 1. The monoisotopic (exact) mass is 283 g/mol. The molecule has 0 bridgehead atoms. The van der Waals surface area contributed by atoms with E-state index in [0.29, 0.717) is 5.25 Å². The number of H-pyrrole nitrogens is 1. The first-order valence-electron chi connectivity index (χ1n) is 6.58. The van der Waals surface area contributed by atoms with Crippen molar-refractivity contribution in [2.24, 2.45) is 0 Å². The molecular formula is C13H21N3O2S. The predicted octanol–water partition coefficient (Wildman–Crippen LogP) is 1.96. The van der Waals surface area contributed by atoms with Crippen LogP contribution in [-0.4, -0.2) is 39.9 Å². The van der Waals surface area contributed by atoms with Gasteiger partial charge in [0.2, 0.25) is 0 Å². The number of carbonyl (C=O) groups is 1. The summed E-state index contributed by atoms with van der Waals surface area (Å²) in [6.45, 7) is 4.11. The number of aromatic nitrogens is 2. The third-order valence-corrected chi connectivity index (χ3v) is 4.54. The van der Waals surface area contributed by atoms with Gasteiger partial charge in [-0.05, 0) is 33.1 Å². The Morgan fingerprint density at radius 1 is 1.68 bits per heavy atom. The number of hydrogen-bond donors (Lipinski definition) is 2. The fourth-order valence-corrected chi connectivity index (χ4v) is 3.87. The highest BCUT2D eigenvalue weighted by Crippen LogP contribution is 2.40. The Balaban J connectivity index is 2.04. The molecule has 2 rings (SSSR count). The molecule has 0 amide bonds. The first-order valence-corrected chi connectivity index (χ1v) is 7.46. The Hall–Kier alpha value is -1.01. The highest BCUT2D eigenvalue weighted by Gasteiger charge is 2.46. The highest BCUT2D eigenvalue weighted by molar-refractivity contribution is 7.99. The SMILES string of the molecule is COC(=O)C1(NC(C)C)CCC(Sc2ncc[nH]2)C1. The highest BCUT2D eigenvalue weighted by atomic mass is 32.2. The summed E-state index contributed by atoms with van der Waals surface area (Å²) in [5.41, 5.74) is -0.535. The van der Waals surface area contributed by atoms with E-state index in [9.17, 15) is 4.79 Å². The van der Waals surface area contributed by atoms with E-state index in [4.69, 9.17) is 4.74 Å². The van der Waals surface area contributed by atoms with Gasteiger partial charge in [-0.2, -0.15) is 0 Å². The Kier molecular flexibility index (Phi) is 4.52. The van der Waals surface area contributed by atoms with Crippen LogP contribution in [0.25, 0.3) is 0 Å². The van der Waals surface area contributed by atoms with Gasteiger partial charge in [0.1, 0.15) is 5.54 Å². The van der Waals surface area contributed by atoms with Crippen LogP contribution in [0.2, 0.25) is 0 Å². The van der Waals surface area contributed by atoms with Gasteiger partial charge in [-0.1, -0.05) is 11.8 Å². The number of ether oxygens (including phenoxy) is 1. The maximum atomic E-state index is 12.1. The third kappa shape index (κ3) is 3.30. The van der Waals surface area contributed by atoms with Gasteiger partial charge in [-0.25, -0.2) is 4.98 Å². The zero-order chi connectivity index (χ0) is 13.9. The van der Waals surface area contributed by atoms with E-state index >= 15 is 0 Å². The minimum Gasteiger partial charge on any atom is -0.468 e. The molecule has 6 heteroatoms. The fraction of sp³-hybridized carbons (Fsp3) is 0.692. The molecule has 1 aromatic heterocycles. The quantitative estimate of drug-likeness (QED) is 0.809. The molecule has 0 aliphatic heterocycles. The summed E-state index contributed by atoms with van der Waals surface area (Å²) in [5.74, 6) is -0.149. The van der Waals surface area contributed by atoms with Crippen molar-refractivity contribution in [1.82, 2.24) is 15.3 Å². The lowest BCUT2D eigenvalue weighted by Crippen LogP contribution is -2.53. The number of methoxy groups -OCH3 is 1. The molecular weight excluding hydrogens is 262 g/mol. The number of esters is 1. The maximum Gasteiger partial charge on any atom is 0.326 e. The minimum atomic E-state index is -0.535. The van der Waals surface area contributed by atoms with Crippen molar-refractivity contribution in [3.63, 3.8) is 0 Å². The summed E-state index contributed by atoms with van der Waals surface area (Å²) in [6, 6.07) is 0.256. The number of imidazole rings is 1. The van der Waals surface area contributed by atoms with Crippen LogP contribution >= 0.6 is 11.8 Å². The van der Waals surface area contributed by atoms with E-state index in [1.807, 2.05) is 6.20 Å². The lowest BCUT2D eigenvalue weighted by atomic mass is 9.97. The summed E-state index contributed by atoms with van der Waals surface area (Å²) in [5, 5.41) is 4.69. The van der Waals surface area contributed by atoms with Gasteiger partial charge >= 0.3 is 5.97 Å². The van der Waals surface area contributed by atoms with Crippen molar-refractivity contribution in [1.29, 1.82) is 0 Å². The van der Waals surface area contributed by atoms with Gasteiger partial charge in [-0.15, -0.1) is 0 Å². The van der Waals surface area contributed by atoms with Gasteiger partial charge in [-0.3, -0.25) is 10.1 Å². The first kappa shape index (κ1) is 14.4. The number of aromatic amines is 1. The molecule has 2 unspecified atom stereocenters. The maximum absolute atomic E-state index is 12.1. The van der Waals surface area contributed by atoms with E-state index < -0.39 is 5.54 Å². The summed E-state index contributed by atoms with van der Waals surface area (Å²) in [4.78, 5) is 19.4. The summed E-state index contributed by atoms with van der Waals surface area (Å²) >= 11 is 1.70. The predicted molar refractivity (Wildman–Crippen MR) is 75.1 cm³/mol. The number of hydrogen-bond acceptors (Lipinski definition) is 5. The van der Waals surface area contributed by atoms with Crippen LogP contribution in [0, 0.1) is 0 Å². The smallest absolute Gasteiger partial charge is 0.326 e. The molecule has 0 saturated heterocycles. The molecule has 2 N–H and O–H groups in total. The van der Waals surface area contributed by atoms with Crippen LogP contribution in [0.5, 0.6) is 0 Å². The van der Waals surface area contributed by atoms with Crippen LogP contribution in [-0.2, 0) is 9.53 Å². The summed E-state index contributed by atoms with van der Waals surface area (Å²) in [6.07, 6.45) is 6.15. The zero-order valence-electron chi connectivity index (χ0n) is 11.6. The van der Waals surface area contributed by atoms with Crippen molar-refractivity contribution in [2.45, 2.75) is 55.1 Å². The molecule has 0 radical (unpaired) electrons. The molecule has 1 heterocycles. The van der Waals surface area contributed by atoms with E-state index in [-0.39, 0.29) is 12.0 Å². The second-order valence-electron chi connectivity index (χ2n) is 5.25. The third-order valence-electron chi connectivity index (χ3n) is 3.36. The number of nitrogens with one attached hydrogen (secondary N) is 2. The average molecular weight is 283 g/mol. The van der Waals surface area contributed by atoms with Crippen LogP contribution in [0.4, 0.5) is 0 Å². The van der Waals surface area contributed by atoms with Gasteiger partial charge in [0.05, 0.1) is 7.11 Å². The van der Waals surface area contributed by atoms with Gasteiger partial charge in [0.25, 0.3) is 0 Å². The molecule has 0 aromatic carbocycles. The molecule has 1 aliphatic carbocycles. The van der Waals surface area contributed by atoms with E-state index in [1.165, 1.54) is 7.11 Å². The number of rotatable bonds is 5. The molecule has 0 spiro atoms. The van der Waals surface area contributed by atoms with E-state index in [1.54, 1.807) is 18.0 Å². The molecule has 19 heavy (non-hydrogen) atoms. The molecule has 106 valence electrons. The first-order chi connectivity index (χ1) is 9.05. The second-order valence-corrected chi connectivity index (χ2v) is 6.54. The van der Waals surface area contributed by atoms with Crippen molar-refractivity contribution >= 4 is 17.7 Å². The Bertz CT molecular complexity index is 422. The number of carbonyl (C=O) groups excluding carboxylic acids is 1. The molecule has 2 atom stereocenters. The van der Waals surface area contributed by atoms with Gasteiger partial charge in [0.15, 0.2) is 5.16 Å². The molecule has 1 aliphatic rings. The summed E-state index contributed by atoms with van der Waals surface area (Å²) in [7, 11) is 1.46. The standard InChI is InChI=1S/C13H21N3O2S/c1-9(2)16-13(11(17)18-3)5-4-10(8-13)19-12-14-6-7-15-12/h6-7,9-10,16H,4-5,8H2,1-3H3,(H,14,15). The van der Waals surface area contributed by atoms with Crippen LogP contribution in [0.1, 0.15) is 33.1 Å².